The van der Waals surface area contributed by atoms with Crippen molar-refractivity contribution in [2.24, 2.45) is 0 Å². The first kappa shape index (κ1) is 19.6. The van der Waals surface area contributed by atoms with Crippen molar-refractivity contribution in [2.45, 2.75) is 11.3 Å². The normalized spacial score (nSPS) is 12.5. The van der Waals surface area contributed by atoms with E-state index in [2.05, 4.69) is 9.97 Å². The Labute approximate surface area is 187 Å². The first-order valence-electron chi connectivity index (χ1n) is 9.44. The van der Waals surface area contributed by atoms with E-state index in [9.17, 15) is 4.79 Å². The van der Waals surface area contributed by atoms with Crippen molar-refractivity contribution >= 4 is 45.4 Å². The van der Waals surface area contributed by atoms with Gasteiger partial charge in [-0.3, -0.25) is 0 Å². The zero-order valence-corrected chi connectivity index (χ0v) is 18.0. The molecular weight excluding hydrogens is 432 g/mol. The molecule has 0 amide bonds. The third kappa shape index (κ3) is 3.75. The molecule has 6 nitrogen and oxygen atoms in total. The van der Waals surface area contributed by atoms with Gasteiger partial charge >= 0.3 is 5.97 Å². The molecule has 0 atom stereocenters. The second-order valence-corrected chi connectivity index (χ2v) is 8.38. The molecule has 2 heterocycles. The molecule has 1 aliphatic heterocycles. The molecule has 31 heavy (non-hydrogen) atoms. The third-order valence-electron chi connectivity index (χ3n) is 4.90. The van der Waals surface area contributed by atoms with Crippen molar-refractivity contribution in [2.75, 3.05) is 7.11 Å². The number of aromatic nitrogens is 2. The highest BCUT2D eigenvalue weighted by Gasteiger charge is 2.29. The van der Waals surface area contributed by atoms with Gasteiger partial charge < -0.3 is 19.2 Å². The smallest absolute Gasteiger partial charge is 0.337 e. The van der Waals surface area contributed by atoms with Gasteiger partial charge in [-0.1, -0.05) is 36.4 Å². The van der Waals surface area contributed by atoms with Crippen LogP contribution in [0.15, 0.2) is 71.9 Å². The number of methoxy groups -OCH3 is 1. The second kappa shape index (κ2) is 8.05. The van der Waals surface area contributed by atoms with Crippen molar-refractivity contribution in [3.8, 4) is 11.5 Å². The lowest BCUT2D eigenvalue weighted by atomic mass is 9.97. The van der Waals surface area contributed by atoms with E-state index < -0.39 is 5.97 Å². The summed E-state index contributed by atoms with van der Waals surface area (Å²) >= 11 is 6.75. The highest BCUT2D eigenvalue weighted by atomic mass is 32.2. The monoisotopic (exact) mass is 448 g/mol. The van der Waals surface area contributed by atoms with Gasteiger partial charge in [0.2, 0.25) is 4.38 Å². The summed E-state index contributed by atoms with van der Waals surface area (Å²) in [5.74, 6) is 1.09. The fraction of sp³-hybridized carbons (Fsp3) is 0.0870. The van der Waals surface area contributed by atoms with Gasteiger partial charge in [-0.25, -0.2) is 9.78 Å². The van der Waals surface area contributed by atoms with E-state index in [4.69, 9.17) is 26.4 Å². The largest absolute Gasteiger partial charge is 0.465 e. The minimum absolute atomic E-state index is 0.323. The van der Waals surface area contributed by atoms with Crippen LogP contribution in [0.4, 0.5) is 0 Å². The molecule has 3 aromatic carbocycles. The van der Waals surface area contributed by atoms with E-state index in [1.807, 2.05) is 48.5 Å². The van der Waals surface area contributed by atoms with Crippen LogP contribution in [0.25, 0.3) is 11.0 Å². The summed E-state index contributed by atoms with van der Waals surface area (Å²) in [4.78, 5) is 19.4. The SMILES string of the molecule is COC(=O)c1ccc2nc(SC(=S)OC3c4ccccc4Oc4ccccc43)[nH]c2c1. The maximum absolute atomic E-state index is 11.8. The van der Waals surface area contributed by atoms with E-state index >= 15 is 0 Å². The lowest BCUT2D eigenvalue weighted by Crippen LogP contribution is -2.15. The van der Waals surface area contributed by atoms with Crippen molar-refractivity contribution in [1.82, 2.24) is 9.97 Å². The summed E-state index contributed by atoms with van der Waals surface area (Å²) in [5.41, 5.74) is 3.71. The Morgan fingerprint density at radius 2 is 1.74 bits per heavy atom. The number of imidazole rings is 1. The molecule has 0 radical (unpaired) electrons. The Balaban J connectivity index is 1.39. The number of esters is 1. The maximum atomic E-state index is 11.8. The molecule has 1 aliphatic rings. The second-order valence-electron chi connectivity index (χ2n) is 6.79. The van der Waals surface area contributed by atoms with Gasteiger partial charge in [-0.2, -0.15) is 0 Å². The molecule has 0 aliphatic carbocycles. The number of para-hydroxylation sites is 2. The first-order valence-corrected chi connectivity index (χ1v) is 10.7. The van der Waals surface area contributed by atoms with Gasteiger partial charge in [-0.05, 0) is 54.3 Å². The molecule has 4 aromatic rings. The number of hydrogen-bond acceptors (Lipinski definition) is 7. The first-order chi connectivity index (χ1) is 15.1. The molecule has 8 heteroatoms. The zero-order chi connectivity index (χ0) is 21.4. The van der Waals surface area contributed by atoms with Gasteiger partial charge in [0.25, 0.3) is 0 Å². The predicted octanol–water partition coefficient (Wildman–Crippen LogP) is 5.64. The van der Waals surface area contributed by atoms with Crippen molar-refractivity contribution in [3.05, 3.63) is 83.4 Å². The van der Waals surface area contributed by atoms with Crippen molar-refractivity contribution in [3.63, 3.8) is 0 Å². The molecule has 0 unspecified atom stereocenters. The molecule has 5 rings (SSSR count). The molecule has 0 bridgehead atoms. The lowest BCUT2D eigenvalue weighted by molar-refractivity contribution is 0.0601. The summed E-state index contributed by atoms with van der Waals surface area (Å²) in [6.45, 7) is 0. The molecule has 1 aromatic heterocycles. The number of ether oxygens (including phenoxy) is 3. The number of fused-ring (bicyclic) bond motifs is 3. The van der Waals surface area contributed by atoms with Crippen LogP contribution in [0, 0.1) is 0 Å². The number of carbonyl (C=O) groups excluding carboxylic acids is 1. The van der Waals surface area contributed by atoms with E-state index in [1.54, 1.807) is 18.2 Å². The number of nitrogens with one attached hydrogen (secondary N) is 1. The van der Waals surface area contributed by atoms with E-state index in [-0.39, 0.29) is 6.10 Å². The Kier molecular flexibility index (Phi) is 5.09. The number of rotatable bonds is 3. The topological polar surface area (TPSA) is 73.4 Å². The van der Waals surface area contributed by atoms with Crippen LogP contribution in [-0.4, -0.2) is 27.4 Å². The van der Waals surface area contributed by atoms with Crippen LogP contribution in [-0.2, 0) is 9.47 Å². The van der Waals surface area contributed by atoms with Crippen molar-refractivity contribution in [1.29, 1.82) is 0 Å². The number of carbonyl (C=O) groups is 1. The highest BCUT2D eigenvalue weighted by molar-refractivity contribution is 8.22. The van der Waals surface area contributed by atoms with Gasteiger partial charge in [0.15, 0.2) is 11.3 Å². The van der Waals surface area contributed by atoms with Crippen LogP contribution in [0.5, 0.6) is 11.5 Å². The fourth-order valence-corrected chi connectivity index (χ4v) is 4.41. The number of aromatic amines is 1. The Hall–Kier alpha value is -3.36. The summed E-state index contributed by atoms with van der Waals surface area (Å²) in [6.07, 6.45) is -0.378. The quantitative estimate of drug-likeness (QED) is 0.247. The summed E-state index contributed by atoms with van der Waals surface area (Å²) in [7, 11) is 1.35. The van der Waals surface area contributed by atoms with Crippen LogP contribution in [0.3, 0.4) is 0 Å². The van der Waals surface area contributed by atoms with E-state index in [0.717, 1.165) is 33.7 Å². The van der Waals surface area contributed by atoms with Crippen LogP contribution >= 0.6 is 24.0 Å². The van der Waals surface area contributed by atoms with Crippen LogP contribution < -0.4 is 4.74 Å². The summed E-state index contributed by atoms with van der Waals surface area (Å²) in [5, 5.41) is 0.579. The highest BCUT2D eigenvalue weighted by Crippen LogP contribution is 2.45. The number of H-pyrrole nitrogens is 1. The van der Waals surface area contributed by atoms with Crippen molar-refractivity contribution < 1.29 is 19.0 Å². The predicted molar refractivity (Wildman–Crippen MR) is 122 cm³/mol. The third-order valence-corrected chi connectivity index (χ3v) is 5.89. The number of thiocarbonyl (C=S) groups is 1. The van der Waals surface area contributed by atoms with Gasteiger partial charge in [0.1, 0.15) is 11.5 Å². The van der Waals surface area contributed by atoms with Gasteiger partial charge in [0.05, 0.1) is 23.7 Å². The van der Waals surface area contributed by atoms with Crippen LogP contribution in [0.1, 0.15) is 27.6 Å². The minimum atomic E-state index is -0.401. The van der Waals surface area contributed by atoms with E-state index in [1.165, 1.54) is 18.9 Å². The van der Waals surface area contributed by atoms with Crippen LogP contribution in [0.2, 0.25) is 0 Å². The molecule has 1 N–H and O–H groups in total. The van der Waals surface area contributed by atoms with E-state index in [0.29, 0.717) is 15.1 Å². The Morgan fingerprint density at radius 1 is 1.06 bits per heavy atom. The Bertz CT molecular complexity index is 1270. The summed E-state index contributed by atoms with van der Waals surface area (Å²) < 4.78 is 17.3. The summed E-state index contributed by atoms with van der Waals surface area (Å²) in [6, 6.07) is 20.6. The average molecular weight is 449 g/mol. The standard InChI is InChI=1S/C23H16N2O4S2/c1-27-21(26)13-10-11-16-17(12-13)25-22(24-16)31-23(30)29-20-14-6-2-4-8-18(14)28-19-9-5-3-7-15(19)20/h2-12,20H,1H3,(H,24,25). The molecule has 0 fully saturated rings. The minimum Gasteiger partial charge on any atom is -0.465 e. The maximum Gasteiger partial charge on any atom is 0.337 e. The lowest BCUT2D eigenvalue weighted by Gasteiger charge is -2.28. The number of nitrogens with zero attached hydrogens (tertiary/aromatic N) is 1. The number of thioether (sulfide) groups is 1. The molecule has 0 spiro atoms. The fourth-order valence-electron chi connectivity index (χ4n) is 3.47. The molecule has 0 saturated carbocycles. The Morgan fingerprint density at radius 3 is 2.42 bits per heavy atom. The van der Waals surface area contributed by atoms with Gasteiger partial charge in [-0.15, -0.1) is 0 Å². The average Bonchev–Trinajstić information content (AvgIpc) is 3.19. The van der Waals surface area contributed by atoms with Gasteiger partial charge in [0, 0.05) is 11.1 Å². The zero-order valence-electron chi connectivity index (χ0n) is 16.3. The molecule has 154 valence electrons. The molecule has 0 saturated heterocycles. The number of benzene rings is 3. The molecular formula is C23H16N2O4S2. The number of hydrogen-bond donors (Lipinski definition) is 1.